The topological polar surface area (TPSA) is 69.0 Å². The number of fused-ring (bicyclic) bond motifs is 1. The number of nitrogens with zero attached hydrogens (tertiary/aromatic N) is 1. The van der Waals surface area contributed by atoms with Crippen LogP contribution in [0.3, 0.4) is 0 Å². The van der Waals surface area contributed by atoms with Crippen molar-refractivity contribution in [3.63, 3.8) is 0 Å². The molecule has 0 radical (unpaired) electrons. The Kier molecular flexibility index (Phi) is 6.06. The van der Waals surface area contributed by atoms with Gasteiger partial charge in [-0.05, 0) is 12.1 Å². The summed E-state index contributed by atoms with van der Waals surface area (Å²) >= 11 is 0. The summed E-state index contributed by atoms with van der Waals surface area (Å²) in [5, 5.41) is 0.749. The first-order valence-electron chi connectivity index (χ1n) is 8.65. The highest BCUT2D eigenvalue weighted by atomic mass is 19.1. The lowest BCUT2D eigenvalue weighted by molar-refractivity contribution is -0.133. The predicted molar refractivity (Wildman–Crippen MR) is 100 cm³/mol. The molecule has 0 aliphatic rings. The third-order valence-electron chi connectivity index (χ3n) is 4.29. The number of halogens is 1. The van der Waals surface area contributed by atoms with Gasteiger partial charge in [-0.15, -0.1) is 0 Å². The first-order valence-corrected chi connectivity index (χ1v) is 8.65. The number of hydrogen-bond donors (Lipinski definition) is 0. The number of methoxy groups -OCH3 is 1. The van der Waals surface area contributed by atoms with E-state index in [-0.39, 0.29) is 18.9 Å². The molecule has 0 unspecified atom stereocenters. The highest BCUT2D eigenvalue weighted by Crippen LogP contribution is 2.27. The fraction of sp³-hybridized carbons (Fsp3) is 0.238. The summed E-state index contributed by atoms with van der Waals surface area (Å²) in [7, 11) is 3.03. The van der Waals surface area contributed by atoms with E-state index in [1.165, 1.54) is 25.1 Å². The molecule has 0 fully saturated rings. The quantitative estimate of drug-likeness (QED) is 0.582. The fourth-order valence-electron chi connectivity index (χ4n) is 2.82. The summed E-state index contributed by atoms with van der Waals surface area (Å²) in [6.45, 7) is -0.238. The van der Waals surface area contributed by atoms with Gasteiger partial charge < -0.3 is 18.8 Å². The second kappa shape index (κ2) is 8.67. The summed E-state index contributed by atoms with van der Waals surface area (Å²) in [6, 6.07) is 13.4. The number of carbonyl (C=O) groups excluding carboxylic acids is 2. The van der Waals surface area contributed by atoms with E-state index in [2.05, 4.69) is 0 Å². The van der Waals surface area contributed by atoms with E-state index in [0.717, 1.165) is 5.39 Å². The molecule has 1 heterocycles. The van der Waals surface area contributed by atoms with Gasteiger partial charge in [0.25, 0.3) is 5.91 Å². The lowest BCUT2D eigenvalue weighted by Gasteiger charge is -2.17. The van der Waals surface area contributed by atoms with Crippen LogP contribution in [0, 0.1) is 5.82 Å². The van der Waals surface area contributed by atoms with Crippen LogP contribution in [0.2, 0.25) is 0 Å². The number of rotatable bonds is 7. The molecule has 1 amide bonds. The van der Waals surface area contributed by atoms with Gasteiger partial charge in [-0.3, -0.25) is 4.79 Å². The molecular weight excluding hydrogens is 365 g/mol. The monoisotopic (exact) mass is 385 g/mol. The van der Waals surface area contributed by atoms with Gasteiger partial charge in [0.1, 0.15) is 11.4 Å². The molecule has 3 aromatic rings. The third kappa shape index (κ3) is 4.20. The number of furan rings is 1. The number of carbonyl (C=O) groups is 2. The van der Waals surface area contributed by atoms with E-state index < -0.39 is 24.3 Å². The third-order valence-corrected chi connectivity index (χ3v) is 4.29. The highest BCUT2D eigenvalue weighted by molar-refractivity contribution is 5.96. The predicted octanol–water partition coefficient (Wildman–Crippen LogP) is 3.53. The van der Waals surface area contributed by atoms with Gasteiger partial charge in [0.2, 0.25) is 5.76 Å². The molecule has 2 aromatic carbocycles. The molecule has 0 spiro atoms. The SMILES string of the molecule is COCc1c(C(=O)OCC(=O)N(C)Cc2ccccc2F)oc2ccccc12. The first kappa shape index (κ1) is 19.6. The van der Waals surface area contributed by atoms with Crippen LogP contribution in [0.15, 0.2) is 52.9 Å². The van der Waals surface area contributed by atoms with Gasteiger partial charge in [-0.25, -0.2) is 9.18 Å². The highest BCUT2D eigenvalue weighted by Gasteiger charge is 2.23. The van der Waals surface area contributed by atoms with Crippen LogP contribution in [-0.2, 0) is 27.4 Å². The van der Waals surface area contributed by atoms with Gasteiger partial charge in [-0.1, -0.05) is 36.4 Å². The molecule has 0 aliphatic heterocycles. The Bertz CT molecular complexity index is 997. The lowest BCUT2D eigenvalue weighted by atomic mass is 10.1. The van der Waals surface area contributed by atoms with Crippen molar-refractivity contribution in [2.75, 3.05) is 20.8 Å². The molecule has 146 valence electrons. The van der Waals surface area contributed by atoms with E-state index in [1.54, 1.807) is 30.3 Å². The van der Waals surface area contributed by atoms with Crippen molar-refractivity contribution in [3.05, 3.63) is 71.2 Å². The van der Waals surface area contributed by atoms with E-state index in [9.17, 15) is 14.0 Å². The minimum Gasteiger partial charge on any atom is -0.450 e. The van der Waals surface area contributed by atoms with Gasteiger partial charge in [-0.2, -0.15) is 0 Å². The van der Waals surface area contributed by atoms with E-state index >= 15 is 0 Å². The molecule has 0 saturated heterocycles. The molecule has 3 rings (SSSR count). The molecular formula is C21H20FNO5. The number of para-hydroxylation sites is 1. The standard InChI is InChI=1S/C21H20FNO5/c1-23(11-14-7-3-5-9-17(14)22)19(24)13-27-21(25)20-16(12-26-2)15-8-4-6-10-18(15)28-20/h3-10H,11-13H2,1-2H3. The van der Waals surface area contributed by atoms with Crippen molar-refractivity contribution >= 4 is 22.8 Å². The van der Waals surface area contributed by atoms with E-state index in [4.69, 9.17) is 13.9 Å². The van der Waals surface area contributed by atoms with Crippen LogP contribution in [0.25, 0.3) is 11.0 Å². The molecule has 6 nitrogen and oxygen atoms in total. The maximum absolute atomic E-state index is 13.7. The van der Waals surface area contributed by atoms with Crippen molar-refractivity contribution in [1.29, 1.82) is 0 Å². The number of esters is 1. The summed E-state index contributed by atoms with van der Waals surface area (Å²) in [6.07, 6.45) is 0. The Labute approximate surface area is 161 Å². The summed E-state index contributed by atoms with van der Waals surface area (Å²) in [5.74, 6) is -1.60. The molecule has 0 saturated carbocycles. The molecule has 0 aliphatic carbocycles. The minimum absolute atomic E-state index is 0.00704. The maximum atomic E-state index is 13.7. The smallest absolute Gasteiger partial charge is 0.375 e. The van der Waals surface area contributed by atoms with Crippen molar-refractivity contribution in [3.8, 4) is 0 Å². The zero-order chi connectivity index (χ0) is 20.1. The Morgan fingerprint density at radius 3 is 2.57 bits per heavy atom. The summed E-state index contributed by atoms with van der Waals surface area (Å²) < 4.78 is 29.6. The zero-order valence-corrected chi connectivity index (χ0v) is 15.6. The average molecular weight is 385 g/mol. The number of likely N-dealkylation sites (N-methyl/N-ethyl adjacent to an activating group) is 1. The van der Waals surface area contributed by atoms with E-state index in [0.29, 0.717) is 16.7 Å². The largest absolute Gasteiger partial charge is 0.450 e. The van der Waals surface area contributed by atoms with Crippen LogP contribution in [0.1, 0.15) is 21.7 Å². The first-order chi connectivity index (χ1) is 13.5. The van der Waals surface area contributed by atoms with Crippen LogP contribution >= 0.6 is 0 Å². The molecule has 0 atom stereocenters. The normalized spacial score (nSPS) is 10.8. The van der Waals surface area contributed by atoms with Crippen LogP contribution < -0.4 is 0 Å². The van der Waals surface area contributed by atoms with E-state index in [1.807, 2.05) is 12.1 Å². The Morgan fingerprint density at radius 1 is 1.11 bits per heavy atom. The van der Waals surface area contributed by atoms with Gasteiger partial charge in [0, 0.05) is 37.2 Å². The second-order valence-corrected chi connectivity index (χ2v) is 6.26. The van der Waals surface area contributed by atoms with Crippen molar-refractivity contribution in [2.24, 2.45) is 0 Å². The zero-order valence-electron chi connectivity index (χ0n) is 15.6. The summed E-state index contributed by atoms with van der Waals surface area (Å²) in [5.41, 5.74) is 1.48. The van der Waals surface area contributed by atoms with Crippen molar-refractivity contribution in [1.82, 2.24) is 4.90 Å². The number of benzene rings is 2. The van der Waals surface area contributed by atoms with Crippen LogP contribution in [0.5, 0.6) is 0 Å². The molecule has 0 N–H and O–H groups in total. The minimum atomic E-state index is -0.754. The van der Waals surface area contributed by atoms with Gasteiger partial charge in [0.15, 0.2) is 6.61 Å². The summed E-state index contributed by atoms with van der Waals surface area (Å²) in [4.78, 5) is 26.0. The number of ether oxygens (including phenoxy) is 2. The average Bonchev–Trinajstić information content (AvgIpc) is 3.06. The molecule has 1 aromatic heterocycles. The molecule has 28 heavy (non-hydrogen) atoms. The Morgan fingerprint density at radius 2 is 1.82 bits per heavy atom. The second-order valence-electron chi connectivity index (χ2n) is 6.26. The Hall–Kier alpha value is -3.19. The molecule has 0 bridgehead atoms. The van der Waals surface area contributed by atoms with Crippen molar-refractivity contribution < 1.29 is 27.9 Å². The van der Waals surface area contributed by atoms with Crippen molar-refractivity contribution in [2.45, 2.75) is 13.2 Å². The fourth-order valence-corrected chi connectivity index (χ4v) is 2.82. The number of hydrogen-bond acceptors (Lipinski definition) is 5. The molecule has 7 heteroatoms. The van der Waals surface area contributed by atoms with Gasteiger partial charge in [0.05, 0.1) is 6.61 Å². The lowest BCUT2D eigenvalue weighted by Crippen LogP contribution is -2.31. The Balaban J connectivity index is 1.66. The van der Waals surface area contributed by atoms with Crippen LogP contribution in [-0.4, -0.2) is 37.5 Å². The maximum Gasteiger partial charge on any atom is 0.375 e. The number of amides is 1. The van der Waals surface area contributed by atoms with Gasteiger partial charge >= 0.3 is 5.97 Å². The van der Waals surface area contributed by atoms with Crippen LogP contribution in [0.4, 0.5) is 4.39 Å².